The number of halogens is 3. The molecule has 0 saturated heterocycles. The molecule has 0 fully saturated rings. The van der Waals surface area contributed by atoms with E-state index in [1.54, 1.807) is 19.1 Å². The van der Waals surface area contributed by atoms with Crippen LogP contribution >= 0.6 is 11.6 Å². The molecule has 3 aromatic rings. The zero-order valence-electron chi connectivity index (χ0n) is 14.3. The first-order chi connectivity index (χ1) is 12.9. The molecule has 0 saturated carbocycles. The zero-order valence-corrected chi connectivity index (χ0v) is 15.0. The summed E-state index contributed by atoms with van der Waals surface area (Å²) in [4.78, 5) is 20.7. The fourth-order valence-corrected chi connectivity index (χ4v) is 2.58. The molecule has 3 rings (SSSR count). The molecule has 1 amide bonds. The number of amides is 1. The van der Waals surface area contributed by atoms with Crippen LogP contribution in [-0.4, -0.2) is 15.9 Å². The molecule has 0 atom stereocenters. The van der Waals surface area contributed by atoms with Crippen LogP contribution in [0.4, 0.5) is 20.3 Å². The summed E-state index contributed by atoms with van der Waals surface area (Å²) < 4.78 is 26.4. The van der Waals surface area contributed by atoms with E-state index in [-0.39, 0.29) is 18.1 Å². The Balaban J connectivity index is 1.75. The number of hydrogen-bond donors (Lipinski definition) is 2. The summed E-state index contributed by atoms with van der Waals surface area (Å²) in [6, 6.07) is 12.0. The Morgan fingerprint density at radius 3 is 2.59 bits per heavy atom. The molecule has 0 aliphatic rings. The summed E-state index contributed by atoms with van der Waals surface area (Å²) in [5.74, 6) is -1.70. The van der Waals surface area contributed by atoms with E-state index in [0.29, 0.717) is 16.5 Å². The number of nitrogens with zero attached hydrogens (tertiary/aromatic N) is 2. The molecule has 8 heteroatoms. The van der Waals surface area contributed by atoms with E-state index in [1.165, 1.54) is 12.1 Å². The predicted octanol–water partition coefficient (Wildman–Crippen LogP) is 4.39. The molecule has 27 heavy (non-hydrogen) atoms. The molecular weight excluding hydrogens is 374 g/mol. The van der Waals surface area contributed by atoms with Crippen LogP contribution in [0.1, 0.15) is 21.9 Å². The molecule has 1 heterocycles. The van der Waals surface area contributed by atoms with Gasteiger partial charge in [0, 0.05) is 29.4 Å². The number of hydrogen-bond acceptors (Lipinski definition) is 4. The van der Waals surface area contributed by atoms with E-state index < -0.39 is 17.5 Å². The fourth-order valence-electron chi connectivity index (χ4n) is 2.38. The number of carbonyl (C=O) groups is 1. The van der Waals surface area contributed by atoms with Gasteiger partial charge in [-0.05, 0) is 30.7 Å². The molecule has 138 valence electrons. The number of nitrogens with one attached hydrogen (secondary N) is 2. The third-order valence-corrected chi connectivity index (χ3v) is 4.03. The van der Waals surface area contributed by atoms with Crippen molar-refractivity contribution in [3.8, 4) is 0 Å². The lowest BCUT2D eigenvalue weighted by atomic mass is 10.2. The number of anilines is 2. The largest absolute Gasteiger partial charge is 0.347 e. The fraction of sp³-hybridized carbons (Fsp3) is 0.105. The van der Waals surface area contributed by atoms with Gasteiger partial charge in [0.15, 0.2) is 11.6 Å². The molecule has 0 aliphatic carbocycles. The lowest BCUT2D eigenvalue weighted by Crippen LogP contribution is -2.24. The van der Waals surface area contributed by atoms with Gasteiger partial charge in [-0.1, -0.05) is 29.8 Å². The molecule has 0 radical (unpaired) electrons. The normalized spacial score (nSPS) is 10.5. The topological polar surface area (TPSA) is 66.9 Å². The quantitative estimate of drug-likeness (QED) is 0.680. The molecular formula is C19H15ClF2N4O. The summed E-state index contributed by atoms with van der Waals surface area (Å²) in [6.45, 7) is 1.87. The van der Waals surface area contributed by atoms with Crippen LogP contribution in [0.2, 0.25) is 5.02 Å². The van der Waals surface area contributed by atoms with Crippen LogP contribution in [0.5, 0.6) is 0 Å². The van der Waals surface area contributed by atoms with Crippen molar-refractivity contribution in [3.05, 3.63) is 82.3 Å². The van der Waals surface area contributed by atoms with Gasteiger partial charge in [0.2, 0.25) is 0 Å². The summed E-state index contributed by atoms with van der Waals surface area (Å²) in [5.41, 5.74) is 1.22. The number of rotatable bonds is 5. The minimum absolute atomic E-state index is 0.139. The highest BCUT2D eigenvalue weighted by Gasteiger charge is 2.12. The van der Waals surface area contributed by atoms with E-state index in [2.05, 4.69) is 20.6 Å². The minimum Gasteiger partial charge on any atom is -0.347 e. The molecule has 2 N–H and O–H groups in total. The maximum Gasteiger partial charge on any atom is 0.270 e. The van der Waals surface area contributed by atoms with Gasteiger partial charge in [-0.15, -0.1) is 0 Å². The van der Waals surface area contributed by atoms with Crippen molar-refractivity contribution >= 4 is 29.0 Å². The van der Waals surface area contributed by atoms with Crippen molar-refractivity contribution < 1.29 is 13.6 Å². The number of carbonyl (C=O) groups excluding carboxylic acids is 1. The Morgan fingerprint density at radius 2 is 1.85 bits per heavy atom. The third-order valence-electron chi connectivity index (χ3n) is 3.66. The standard InChI is InChI=1S/C19H15ClF2N4O/c1-11-24-17(19(27)23-10-12-4-2-3-5-14(12)20)9-18(25-11)26-13-6-7-15(21)16(22)8-13/h2-9H,10H2,1H3,(H,23,27)(H,24,25,26). The van der Waals surface area contributed by atoms with Crippen LogP contribution < -0.4 is 10.6 Å². The van der Waals surface area contributed by atoms with E-state index in [4.69, 9.17) is 11.6 Å². The molecule has 2 aromatic carbocycles. The Hall–Kier alpha value is -3.06. The first kappa shape index (κ1) is 18.7. The summed E-state index contributed by atoms with van der Waals surface area (Å²) in [5, 5.41) is 6.13. The Morgan fingerprint density at radius 1 is 1.07 bits per heavy atom. The molecule has 0 aliphatic heterocycles. The molecule has 0 bridgehead atoms. The maximum absolute atomic E-state index is 13.3. The average molecular weight is 389 g/mol. The first-order valence-corrected chi connectivity index (χ1v) is 8.39. The third kappa shape index (κ3) is 4.77. The second-order valence-electron chi connectivity index (χ2n) is 5.71. The highest BCUT2D eigenvalue weighted by molar-refractivity contribution is 6.31. The summed E-state index contributed by atoms with van der Waals surface area (Å²) in [6.07, 6.45) is 0. The second-order valence-corrected chi connectivity index (χ2v) is 6.12. The molecule has 1 aromatic heterocycles. The summed E-state index contributed by atoms with van der Waals surface area (Å²) >= 11 is 6.07. The van der Waals surface area contributed by atoms with Crippen LogP contribution in [0, 0.1) is 18.6 Å². The molecule has 5 nitrogen and oxygen atoms in total. The average Bonchev–Trinajstić information content (AvgIpc) is 2.63. The van der Waals surface area contributed by atoms with Gasteiger partial charge < -0.3 is 10.6 Å². The van der Waals surface area contributed by atoms with Crippen molar-refractivity contribution in [3.63, 3.8) is 0 Å². The van der Waals surface area contributed by atoms with Crippen LogP contribution in [0.15, 0.2) is 48.5 Å². The first-order valence-electron chi connectivity index (χ1n) is 8.02. The Bertz CT molecular complexity index is 997. The minimum atomic E-state index is -0.983. The van der Waals surface area contributed by atoms with Gasteiger partial charge in [0.05, 0.1) is 0 Å². The van der Waals surface area contributed by atoms with Crippen molar-refractivity contribution in [1.82, 2.24) is 15.3 Å². The predicted molar refractivity (Wildman–Crippen MR) is 99.0 cm³/mol. The SMILES string of the molecule is Cc1nc(Nc2ccc(F)c(F)c2)cc(C(=O)NCc2ccccc2Cl)n1. The van der Waals surface area contributed by atoms with Gasteiger partial charge in [0.25, 0.3) is 5.91 Å². The lowest BCUT2D eigenvalue weighted by Gasteiger charge is -2.10. The highest BCUT2D eigenvalue weighted by atomic mass is 35.5. The van der Waals surface area contributed by atoms with Gasteiger partial charge in [0.1, 0.15) is 17.3 Å². The lowest BCUT2D eigenvalue weighted by molar-refractivity contribution is 0.0945. The van der Waals surface area contributed by atoms with Gasteiger partial charge >= 0.3 is 0 Å². The smallest absolute Gasteiger partial charge is 0.270 e. The van der Waals surface area contributed by atoms with E-state index in [9.17, 15) is 13.6 Å². The van der Waals surface area contributed by atoms with Gasteiger partial charge in [-0.2, -0.15) is 0 Å². The summed E-state index contributed by atoms with van der Waals surface area (Å²) in [7, 11) is 0. The highest BCUT2D eigenvalue weighted by Crippen LogP contribution is 2.19. The van der Waals surface area contributed by atoms with E-state index >= 15 is 0 Å². The van der Waals surface area contributed by atoms with Crippen LogP contribution in [0.3, 0.4) is 0 Å². The number of aryl methyl sites for hydroxylation is 1. The zero-order chi connectivity index (χ0) is 19.4. The van der Waals surface area contributed by atoms with Crippen molar-refractivity contribution in [2.24, 2.45) is 0 Å². The van der Waals surface area contributed by atoms with Crippen molar-refractivity contribution in [2.45, 2.75) is 13.5 Å². The Labute approximate surface area is 159 Å². The van der Waals surface area contributed by atoms with E-state index in [1.807, 2.05) is 12.1 Å². The molecule has 0 unspecified atom stereocenters. The van der Waals surface area contributed by atoms with Gasteiger partial charge in [-0.25, -0.2) is 18.7 Å². The van der Waals surface area contributed by atoms with Crippen LogP contribution in [-0.2, 0) is 6.54 Å². The molecule has 0 spiro atoms. The van der Waals surface area contributed by atoms with Crippen molar-refractivity contribution in [1.29, 1.82) is 0 Å². The number of benzene rings is 2. The van der Waals surface area contributed by atoms with E-state index in [0.717, 1.165) is 17.7 Å². The van der Waals surface area contributed by atoms with Crippen LogP contribution in [0.25, 0.3) is 0 Å². The Kier molecular flexibility index (Phi) is 5.61. The van der Waals surface area contributed by atoms with Gasteiger partial charge in [-0.3, -0.25) is 4.79 Å². The monoisotopic (exact) mass is 388 g/mol. The number of aromatic nitrogens is 2. The van der Waals surface area contributed by atoms with Crippen molar-refractivity contribution in [2.75, 3.05) is 5.32 Å². The second kappa shape index (κ2) is 8.09. The maximum atomic E-state index is 13.3.